The molecule has 1 aromatic carbocycles. The van der Waals surface area contributed by atoms with Gasteiger partial charge in [-0.2, -0.15) is 0 Å². The largest absolute Gasteiger partial charge is 0.399 e. The van der Waals surface area contributed by atoms with Crippen molar-refractivity contribution in [2.45, 2.75) is 38.8 Å². The fourth-order valence-electron chi connectivity index (χ4n) is 3.50. The van der Waals surface area contributed by atoms with Crippen LogP contribution in [0.2, 0.25) is 0 Å². The maximum atomic E-state index is 12.8. The van der Waals surface area contributed by atoms with Gasteiger partial charge in [0.1, 0.15) is 0 Å². The molecule has 0 radical (unpaired) electrons. The highest BCUT2D eigenvalue weighted by atomic mass is 16.2. The minimum absolute atomic E-state index is 0.133. The number of amides is 1. The summed E-state index contributed by atoms with van der Waals surface area (Å²) in [5.41, 5.74) is 8.25. The summed E-state index contributed by atoms with van der Waals surface area (Å²) in [7, 11) is 0. The molecule has 0 saturated carbocycles. The Kier molecular flexibility index (Phi) is 3.42. The van der Waals surface area contributed by atoms with E-state index in [0.717, 1.165) is 24.2 Å². The number of nitrogens with zero attached hydrogens (tertiary/aromatic N) is 2. The predicted octanol–water partition coefficient (Wildman–Crippen LogP) is 1.89. The third-order valence-electron chi connectivity index (χ3n) is 4.69. The monoisotopic (exact) mass is 273 g/mol. The maximum Gasteiger partial charge on any atom is 0.254 e. The molecule has 2 aliphatic heterocycles. The van der Waals surface area contributed by atoms with Gasteiger partial charge < -0.3 is 10.6 Å². The Morgan fingerprint density at radius 3 is 2.95 bits per heavy atom. The number of carbonyl (C=O) groups excluding carboxylic acids is 1. The number of carbonyl (C=O) groups is 1. The summed E-state index contributed by atoms with van der Waals surface area (Å²) in [6.07, 6.45) is 2.48. The minimum Gasteiger partial charge on any atom is -0.399 e. The van der Waals surface area contributed by atoms with E-state index in [1.165, 1.54) is 19.4 Å². The van der Waals surface area contributed by atoms with Crippen molar-refractivity contribution in [3.63, 3.8) is 0 Å². The molecule has 4 nitrogen and oxygen atoms in total. The van der Waals surface area contributed by atoms with Crippen molar-refractivity contribution < 1.29 is 4.79 Å². The van der Waals surface area contributed by atoms with Gasteiger partial charge >= 0.3 is 0 Å². The molecule has 2 fully saturated rings. The second kappa shape index (κ2) is 5.09. The molecule has 2 saturated heterocycles. The normalized spacial score (nSPS) is 26.6. The highest BCUT2D eigenvalue weighted by Gasteiger charge is 2.36. The molecule has 108 valence electrons. The number of anilines is 1. The lowest BCUT2D eigenvalue weighted by Crippen LogP contribution is -2.56. The molecular formula is C16H23N3O. The molecule has 0 aromatic heterocycles. The Morgan fingerprint density at radius 1 is 1.35 bits per heavy atom. The highest BCUT2D eigenvalue weighted by molar-refractivity contribution is 5.96. The molecule has 4 heteroatoms. The summed E-state index contributed by atoms with van der Waals surface area (Å²) in [5.74, 6) is 0.133. The van der Waals surface area contributed by atoms with Gasteiger partial charge in [0.15, 0.2) is 0 Å². The van der Waals surface area contributed by atoms with Gasteiger partial charge in [-0.3, -0.25) is 9.69 Å². The van der Waals surface area contributed by atoms with Crippen LogP contribution >= 0.6 is 0 Å². The lowest BCUT2D eigenvalue weighted by Gasteiger charge is -2.42. The van der Waals surface area contributed by atoms with E-state index < -0.39 is 0 Å². The summed E-state index contributed by atoms with van der Waals surface area (Å²) in [6.45, 7) is 7.16. The number of hydrogen-bond donors (Lipinski definition) is 1. The molecule has 0 aliphatic carbocycles. The first-order chi connectivity index (χ1) is 9.56. The second-order valence-electron chi connectivity index (χ2n) is 6.17. The van der Waals surface area contributed by atoms with Crippen LogP contribution in [0.1, 0.15) is 35.7 Å². The number of benzene rings is 1. The first kappa shape index (κ1) is 13.4. The third kappa shape index (κ3) is 2.29. The van der Waals surface area contributed by atoms with Gasteiger partial charge in [-0.1, -0.05) is 6.07 Å². The average molecular weight is 273 g/mol. The van der Waals surface area contributed by atoms with E-state index in [9.17, 15) is 4.79 Å². The summed E-state index contributed by atoms with van der Waals surface area (Å²) in [5, 5.41) is 0. The van der Waals surface area contributed by atoms with Crippen molar-refractivity contribution in [3.8, 4) is 0 Å². The zero-order valence-corrected chi connectivity index (χ0v) is 12.3. The molecule has 0 spiro atoms. The lowest BCUT2D eigenvalue weighted by molar-refractivity contribution is 0.0395. The van der Waals surface area contributed by atoms with Gasteiger partial charge in [-0.05, 0) is 50.9 Å². The molecule has 20 heavy (non-hydrogen) atoms. The van der Waals surface area contributed by atoms with Gasteiger partial charge in [0, 0.05) is 36.4 Å². The number of nitrogen functional groups attached to an aromatic ring is 1. The van der Waals surface area contributed by atoms with Crippen molar-refractivity contribution in [3.05, 3.63) is 29.3 Å². The van der Waals surface area contributed by atoms with Gasteiger partial charge in [0.2, 0.25) is 0 Å². The van der Waals surface area contributed by atoms with Gasteiger partial charge in [0.05, 0.1) is 0 Å². The van der Waals surface area contributed by atoms with E-state index in [4.69, 9.17) is 5.73 Å². The first-order valence-corrected chi connectivity index (χ1v) is 7.47. The van der Waals surface area contributed by atoms with Crippen LogP contribution in [0.5, 0.6) is 0 Å². The highest BCUT2D eigenvalue weighted by Crippen LogP contribution is 2.26. The van der Waals surface area contributed by atoms with Crippen molar-refractivity contribution in [2.75, 3.05) is 25.4 Å². The topological polar surface area (TPSA) is 49.6 Å². The predicted molar refractivity (Wildman–Crippen MR) is 80.7 cm³/mol. The number of nitrogens with two attached hydrogens (primary N) is 1. The Morgan fingerprint density at radius 2 is 2.15 bits per heavy atom. The van der Waals surface area contributed by atoms with Crippen LogP contribution in [-0.2, 0) is 0 Å². The van der Waals surface area contributed by atoms with Gasteiger partial charge in [-0.15, -0.1) is 0 Å². The van der Waals surface area contributed by atoms with Crippen LogP contribution in [0.25, 0.3) is 0 Å². The maximum absolute atomic E-state index is 12.8. The van der Waals surface area contributed by atoms with Crippen LogP contribution in [0.4, 0.5) is 5.69 Å². The zero-order valence-electron chi connectivity index (χ0n) is 12.3. The van der Waals surface area contributed by atoms with Crippen LogP contribution in [0.15, 0.2) is 18.2 Å². The van der Waals surface area contributed by atoms with E-state index in [0.29, 0.717) is 11.7 Å². The molecule has 2 heterocycles. The van der Waals surface area contributed by atoms with E-state index in [2.05, 4.69) is 11.8 Å². The molecule has 2 unspecified atom stereocenters. The Bertz CT molecular complexity index is 528. The molecule has 2 atom stereocenters. The van der Waals surface area contributed by atoms with Crippen LogP contribution in [-0.4, -0.2) is 47.4 Å². The van der Waals surface area contributed by atoms with E-state index in [1.807, 2.05) is 30.0 Å². The molecule has 2 aliphatic rings. The lowest BCUT2D eigenvalue weighted by atomic mass is 10.0. The number of piperazine rings is 1. The Labute approximate surface area is 120 Å². The smallest absolute Gasteiger partial charge is 0.254 e. The summed E-state index contributed by atoms with van der Waals surface area (Å²) in [4.78, 5) is 17.4. The molecule has 1 amide bonds. The summed E-state index contributed by atoms with van der Waals surface area (Å²) < 4.78 is 0. The van der Waals surface area contributed by atoms with E-state index in [-0.39, 0.29) is 11.9 Å². The SMILES string of the molecule is Cc1ccc(N)cc1C(=O)N1CC2CCCN2CC1C. The van der Waals surface area contributed by atoms with Gasteiger partial charge in [-0.25, -0.2) is 0 Å². The van der Waals surface area contributed by atoms with Crippen LogP contribution in [0.3, 0.4) is 0 Å². The summed E-state index contributed by atoms with van der Waals surface area (Å²) >= 11 is 0. The fraction of sp³-hybridized carbons (Fsp3) is 0.562. The number of fused-ring (bicyclic) bond motifs is 1. The number of hydrogen-bond acceptors (Lipinski definition) is 3. The fourth-order valence-corrected chi connectivity index (χ4v) is 3.50. The quantitative estimate of drug-likeness (QED) is 0.795. The molecular weight excluding hydrogens is 250 g/mol. The number of rotatable bonds is 1. The molecule has 1 aromatic rings. The standard InChI is InChI=1S/C16H23N3O/c1-11-5-6-13(17)8-15(11)16(20)19-10-14-4-3-7-18(14)9-12(19)2/h5-6,8,12,14H,3-4,7,9-10,17H2,1-2H3. The van der Waals surface area contributed by atoms with Crippen molar-refractivity contribution in [2.24, 2.45) is 0 Å². The van der Waals surface area contributed by atoms with Crippen molar-refractivity contribution in [1.29, 1.82) is 0 Å². The van der Waals surface area contributed by atoms with Crippen LogP contribution in [0, 0.1) is 6.92 Å². The molecule has 3 rings (SSSR count). The van der Waals surface area contributed by atoms with Gasteiger partial charge in [0.25, 0.3) is 5.91 Å². The summed E-state index contributed by atoms with van der Waals surface area (Å²) in [6, 6.07) is 6.42. The molecule has 2 N–H and O–H groups in total. The van der Waals surface area contributed by atoms with E-state index in [1.54, 1.807) is 0 Å². The number of aryl methyl sites for hydroxylation is 1. The minimum atomic E-state index is 0.133. The second-order valence-corrected chi connectivity index (χ2v) is 6.17. The van der Waals surface area contributed by atoms with E-state index >= 15 is 0 Å². The van der Waals surface area contributed by atoms with Crippen LogP contribution < -0.4 is 5.73 Å². The average Bonchev–Trinajstić information content (AvgIpc) is 2.87. The Hall–Kier alpha value is -1.55. The zero-order chi connectivity index (χ0) is 14.3. The third-order valence-corrected chi connectivity index (χ3v) is 4.69. The Balaban J connectivity index is 1.84. The first-order valence-electron chi connectivity index (χ1n) is 7.47. The molecule has 0 bridgehead atoms. The van der Waals surface area contributed by atoms with Crippen molar-refractivity contribution >= 4 is 11.6 Å². The van der Waals surface area contributed by atoms with Crippen molar-refractivity contribution in [1.82, 2.24) is 9.80 Å².